The van der Waals surface area contributed by atoms with Crippen molar-refractivity contribution in [3.05, 3.63) is 41.6 Å². The number of aromatic nitrogens is 3. The van der Waals surface area contributed by atoms with Crippen molar-refractivity contribution in [1.82, 2.24) is 20.1 Å². The van der Waals surface area contributed by atoms with Crippen LogP contribution in [0.25, 0.3) is 6.08 Å². The molecule has 6 nitrogen and oxygen atoms in total. The number of aryl methyl sites for hydroxylation is 2. The van der Waals surface area contributed by atoms with Gasteiger partial charge in [-0.3, -0.25) is 9.48 Å². The number of nitrogens with one attached hydrogen (secondary N) is 2. The number of hydrogen-bond donors (Lipinski definition) is 2. The molecule has 1 amide bonds. The first kappa shape index (κ1) is 12.6. The molecule has 2 N–H and O–H groups in total. The second-order valence-corrected chi connectivity index (χ2v) is 4.91. The fraction of sp³-hybridized carbons (Fsp3) is 0.154. The highest BCUT2D eigenvalue weighted by atomic mass is 32.1. The molecule has 0 bridgehead atoms. The standard InChI is InChI=1S/C13H13N5OS/c1-8-11(7-17(2)16-8)18-12(19)10(15-13(18)20)6-9-4-3-5-14-9/h3-7,14H,1-2H3,(H,15,20)/b10-6+. The van der Waals surface area contributed by atoms with E-state index in [1.807, 2.05) is 26.1 Å². The minimum atomic E-state index is -0.180. The van der Waals surface area contributed by atoms with Crippen LogP contribution in [0, 0.1) is 6.92 Å². The van der Waals surface area contributed by atoms with Crippen LogP contribution in [0.3, 0.4) is 0 Å². The van der Waals surface area contributed by atoms with Crippen molar-refractivity contribution in [1.29, 1.82) is 0 Å². The van der Waals surface area contributed by atoms with Crippen molar-refractivity contribution in [3.63, 3.8) is 0 Å². The lowest BCUT2D eigenvalue weighted by atomic mass is 10.3. The van der Waals surface area contributed by atoms with Gasteiger partial charge in [-0.15, -0.1) is 0 Å². The van der Waals surface area contributed by atoms with E-state index in [4.69, 9.17) is 12.2 Å². The lowest BCUT2D eigenvalue weighted by molar-refractivity contribution is -0.113. The molecular weight excluding hydrogens is 274 g/mol. The third kappa shape index (κ3) is 2.01. The maximum absolute atomic E-state index is 12.5. The molecule has 20 heavy (non-hydrogen) atoms. The SMILES string of the molecule is Cc1nn(C)cc1N1C(=O)/C(=C\c2ccc[nH]2)NC1=S. The monoisotopic (exact) mass is 287 g/mol. The Bertz CT molecular complexity index is 713. The van der Waals surface area contributed by atoms with E-state index in [0.717, 1.165) is 11.4 Å². The molecule has 2 aromatic rings. The molecule has 0 aromatic carbocycles. The minimum absolute atomic E-state index is 0.180. The molecule has 1 fully saturated rings. The van der Waals surface area contributed by atoms with Crippen LogP contribution in [0.4, 0.5) is 5.69 Å². The molecule has 2 aromatic heterocycles. The zero-order valence-corrected chi connectivity index (χ0v) is 11.9. The third-order valence-electron chi connectivity index (χ3n) is 3.03. The van der Waals surface area contributed by atoms with E-state index in [9.17, 15) is 4.79 Å². The van der Waals surface area contributed by atoms with Gasteiger partial charge >= 0.3 is 0 Å². The number of amides is 1. The van der Waals surface area contributed by atoms with Crippen LogP contribution >= 0.6 is 12.2 Å². The molecule has 3 heterocycles. The molecule has 7 heteroatoms. The Morgan fingerprint density at radius 2 is 2.25 bits per heavy atom. The van der Waals surface area contributed by atoms with Crippen molar-refractivity contribution >= 4 is 35.0 Å². The summed E-state index contributed by atoms with van der Waals surface area (Å²) in [5.41, 5.74) is 2.74. The van der Waals surface area contributed by atoms with Crippen molar-refractivity contribution in [2.45, 2.75) is 6.92 Å². The fourth-order valence-corrected chi connectivity index (χ4v) is 2.44. The second kappa shape index (κ2) is 4.61. The van der Waals surface area contributed by atoms with E-state index >= 15 is 0 Å². The van der Waals surface area contributed by atoms with Crippen molar-refractivity contribution < 1.29 is 4.79 Å². The number of carbonyl (C=O) groups is 1. The number of anilines is 1. The van der Waals surface area contributed by atoms with Gasteiger partial charge in [-0.05, 0) is 37.4 Å². The summed E-state index contributed by atoms with van der Waals surface area (Å²) in [4.78, 5) is 16.9. The van der Waals surface area contributed by atoms with Gasteiger partial charge in [0.2, 0.25) is 0 Å². The number of hydrogen-bond acceptors (Lipinski definition) is 3. The van der Waals surface area contributed by atoms with Gasteiger partial charge in [0.25, 0.3) is 5.91 Å². The van der Waals surface area contributed by atoms with Crippen LogP contribution in [0.15, 0.2) is 30.2 Å². The van der Waals surface area contributed by atoms with E-state index in [2.05, 4.69) is 15.4 Å². The first-order valence-electron chi connectivity index (χ1n) is 6.07. The lowest BCUT2D eigenvalue weighted by Gasteiger charge is -2.11. The molecule has 0 atom stereocenters. The average Bonchev–Trinajstić information content (AvgIpc) is 3.05. The van der Waals surface area contributed by atoms with Gasteiger partial charge in [0, 0.05) is 25.1 Å². The van der Waals surface area contributed by atoms with E-state index in [1.54, 1.807) is 23.2 Å². The first-order valence-corrected chi connectivity index (χ1v) is 6.48. The van der Waals surface area contributed by atoms with E-state index < -0.39 is 0 Å². The molecule has 3 rings (SSSR count). The summed E-state index contributed by atoms with van der Waals surface area (Å²) in [6.45, 7) is 1.85. The normalized spacial score (nSPS) is 17.1. The summed E-state index contributed by atoms with van der Waals surface area (Å²) in [6.07, 6.45) is 5.31. The summed E-state index contributed by atoms with van der Waals surface area (Å²) in [7, 11) is 1.81. The molecule has 0 aliphatic carbocycles. The highest BCUT2D eigenvalue weighted by Gasteiger charge is 2.33. The number of H-pyrrole nitrogens is 1. The van der Waals surface area contributed by atoms with Crippen molar-refractivity contribution in [2.75, 3.05) is 4.90 Å². The van der Waals surface area contributed by atoms with Gasteiger partial charge in [0.05, 0.1) is 11.4 Å². The van der Waals surface area contributed by atoms with Gasteiger partial charge < -0.3 is 10.3 Å². The van der Waals surface area contributed by atoms with Gasteiger partial charge in [-0.25, -0.2) is 4.90 Å². The van der Waals surface area contributed by atoms with Crippen molar-refractivity contribution in [3.8, 4) is 0 Å². The zero-order chi connectivity index (χ0) is 14.3. The van der Waals surface area contributed by atoms with Crippen LogP contribution in [-0.4, -0.2) is 25.8 Å². The van der Waals surface area contributed by atoms with E-state index in [1.165, 1.54) is 4.90 Å². The Labute approximate surface area is 121 Å². The Morgan fingerprint density at radius 1 is 1.45 bits per heavy atom. The largest absolute Gasteiger partial charge is 0.362 e. The predicted octanol–water partition coefficient (Wildman–Crippen LogP) is 1.32. The van der Waals surface area contributed by atoms with Crippen LogP contribution in [-0.2, 0) is 11.8 Å². The Hall–Kier alpha value is -2.41. The number of aromatic amines is 1. The summed E-state index contributed by atoms with van der Waals surface area (Å²) >= 11 is 5.25. The maximum Gasteiger partial charge on any atom is 0.281 e. The van der Waals surface area contributed by atoms with Gasteiger partial charge in [0.15, 0.2) is 5.11 Å². The average molecular weight is 287 g/mol. The van der Waals surface area contributed by atoms with Crippen molar-refractivity contribution in [2.24, 2.45) is 7.05 Å². The third-order valence-corrected chi connectivity index (χ3v) is 3.31. The topological polar surface area (TPSA) is 66.0 Å². The van der Waals surface area contributed by atoms with Gasteiger partial charge in [-0.2, -0.15) is 5.10 Å². The first-order chi connectivity index (χ1) is 9.56. The molecule has 1 aliphatic rings. The maximum atomic E-state index is 12.5. The molecule has 1 aliphatic heterocycles. The summed E-state index contributed by atoms with van der Waals surface area (Å²) in [6, 6.07) is 3.75. The molecule has 102 valence electrons. The number of carbonyl (C=O) groups excluding carboxylic acids is 1. The quantitative estimate of drug-likeness (QED) is 0.646. The highest BCUT2D eigenvalue weighted by molar-refractivity contribution is 7.80. The lowest BCUT2D eigenvalue weighted by Crippen LogP contribution is -2.30. The Morgan fingerprint density at radius 3 is 2.85 bits per heavy atom. The zero-order valence-electron chi connectivity index (χ0n) is 11.0. The minimum Gasteiger partial charge on any atom is -0.362 e. The fourth-order valence-electron chi connectivity index (χ4n) is 2.15. The molecule has 0 unspecified atom stereocenters. The van der Waals surface area contributed by atoms with Gasteiger partial charge in [-0.1, -0.05) is 0 Å². The number of nitrogens with zero attached hydrogens (tertiary/aromatic N) is 3. The van der Waals surface area contributed by atoms with Crippen LogP contribution < -0.4 is 10.2 Å². The smallest absolute Gasteiger partial charge is 0.281 e. The van der Waals surface area contributed by atoms with Crippen LogP contribution in [0.2, 0.25) is 0 Å². The molecule has 0 radical (unpaired) electrons. The Kier molecular flexibility index (Phi) is 2.90. The molecule has 1 saturated heterocycles. The Balaban J connectivity index is 1.97. The van der Waals surface area contributed by atoms with E-state index in [0.29, 0.717) is 16.5 Å². The molecule has 0 spiro atoms. The summed E-state index contributed by atoms with van der Waals surface area (Å²) in [5, 5.41) is 7.54. The molecular formula is C13H13N5OS. The summed E-state index contributed by atoms with van der Waals surface area (Å²) in [5.74, 6) is -0.180. The van der Waals surface area contributed by atoms with Crippen LogP contribution in [0.5, 0.6) is 0 Å². The predicted molar refractivity (Wildman–Crippen MR) is 79.9 cm³/mol. The number of thiocarbonyl (C=S) groups is 1. The van der Waals surface area contributed by atoms with Gasteiger partial charge in [0.1, 0.15) is 5.70 Å². The molecule has 0 saturated carbocycles. The van der Waals surface area contributed by atoms with Crippen LogP contribution in [0.1, 0.15) is 11.4 Å². The summed E-state index contributed by atoms with van der Waals surface area (Å²) < 4.78 is 1.66. The second-order valence-electron chi connectivity index (χ2n) is 4.53. The number of rotatable bonds is 2. The highest BCUT2D eigenvalue weighted by Crippen LogP contribution is 2.24. The van der Waals surface area contributed by atoms with E-state index in [-0.39, 0.29) is 5.91 Å².